The molecule has 1 N–H and O–H groups in total. The lowest BCUT2D eigenvalue weighted by molar-refractivity contribution is 0.342. The van der Waals surface area contributed by atoms with Gasteiger partial charge in [-0.05, 0) is 19.2 Å². The molecule has 0 saturated heterocycles. The lowest BCUT2D eigenvalue weighted by atomic mass is 10.2. The summed E-state index contributed by atoms with van der Waals surface area (Å²) in [5.74, 6) is 2.22. The van der Waals surface area contributed by atoms with Crippen molar-refractivity contribution in [3.63, 3.8) is 0 Å². The molecule has 1 aromatic heterocycles. The van der Waals surface area contributed by atoms with Gasteiger partial charge in [0.1, 0.15) is 5.82 Å². The molecule has 128 valence electrons. The Hall–Kier alpha value is -2.47. The van der Waals surface area contributed by atoms with Gasteiger partial charge in [-0.25, -0.2) is 4.98 Å². The van der Waals surface area contributed by atoms with E-state index < -0.39 is 0 Å². The molecule has 0 fully saturated rings. The van der Waals surface area contributed by atoms with Gasteiger partial charge in [0, 0.05) is 61.9 Å². The first-order valence-electron chi connectivity index (χ1n) is 7.98. The molecule has 0 radical (unpaired) electrons. The fourth-order valence-corrected chi connectivity index (χ4v) is 2.89. The number of fused-ring (bicyclic) bond motifs is 1. The van der Waals surface area contributed by atoms with Crippen molar-refractivity contribution in [3.8, 4) is 11.5 Å². The molecule has 0 bridgehead atoms. The number of nitrogens with one attached hydrogen (secondary N) is 1. The van der Waals surface area contributed by atoms with E-state index in [0.717, 1.165) is 31.1 Å². The van der Waals surface area contributed by atoms with E-state index >= 15 is 0 Å². The number of aromatic nitrogens is 1. The molecule has 24 heavy (non-hydrogen) atoms. The number of anilines is 3. The summed E-state index contributed by atoms with van der Waals surface area (Å²) < 4.78 is 10.6. The second-order valence-corrected chi connectivity index (χ2v) is 6.05. The van der Waals surface area contributed by atoms with Crippen molar-refractivity contribution in [2.75, 3.05) is 51.6 Å². The standard InChI is InChI=1S/C18H24N4O2/c1-21-7-8-22(2)15-10-18(19-11-13(15)12-21)20-14-5-6-16(23-3)17(9-14)24-4/h5-6,9-11H,7-8,12H2,1-4H3,(H,19,20). The number of hydrogen-bond acceptors (Lipinski definition) is 6. The average Bonchev–Trinajstić information content (AvgIpc) is 2.74. The number of rotatable bonds is 4. The van der Waals surface area contributed by atoms with Crippen molar-refractivity contribution in [1.29, 1.82) is 0 Å². The average molecular weight is 328 g/mol. The number of hydrogen-bond donors (Lipinski definition) is 1. The van der Waals surface area contributed by atoms with Crippen LogP contribution in [0.15, 0.2) is 30.5 Å². The summed E-state index contributed by atoms with van der Waals surface area (Å²) >= 11 is 0. The third kappa shape index (κ3) is 3.38. The van der Waals surface area contributed by atoms with E-state index in [0.29, 0.717) is 11.5 Å². The Bertz CT molecular complexity index is 720. The van der Waals surface area contributed by atoms with E-state index in [1.165, 1.54) is 11.3 Å². The Kier molecular flexibility index (Phi) is 4.76. The zero-order valence-corrected chi connectivity index (χ0v) is 14.7. The second-order valence-electron chi connectivity index (χ2n) is 6.05. The molecule has 1 aliphatic rings. The highest BCUT2D eigenvalue weighted by atomic mass is 16.5. The molecule has 6 nitrogen and oxygen atoms in total. The molecule has 0 amide bonds. The van der Waals surface area contributed by atoms with Gasteiger partial charge in [-0.15, -0.1) is 0 Å². The van der Waals surface area contributed by atoms with Crippen molar-refractivity contribution < 1.29 is 9.47 Å². The molecule has 1 aliphatic heterocycles. The maximum absolute atomic E-state index is 5.35. The minimum Gasteiger partial charge on any atom is -0.493 e. The minimum atomic E-state index is 0.691. The molecular weight excluding hydrogens is 304 g/mol. The first kappa shape index (κ1) is 16.4. The van der Waals surface area contributed by atoms with Crippen molar-refractivity contribution in [2.45, 2.75) is 6.54 Å². The Balaban J connectivity index is 1.86. The van der Waals surface area contributed by atoms with Crippen LogP contribution >= 0.6 is 0 Å². The van der Waals surface area contributed by atoms with Gasteiger partial charge in [-0.1, -0.05) is 0 Å². The summed E-state index contributed by atoms with van der Waals surface area (Å²) in [6.45, 7) is 2.97. The van der Waals surface area contributed by atoms with Crippen LogP contribution in [0.3, 0.4) is 0 Å². The normalized spacial score (nSPS) is 14.8. The number of ether oxygens (including phenoxy) is 2. The molecule has 2 heterocycles. The van der Waals surface area contributed by atoms with Gasteiger partial charge >= 0.3 is 0 Å². The Morgan fingerprint density at radius 1 is 1.04 bits per heavy atom. The highest BCUT2D eigenvalue weighted by Gasteiger charge is 2.16. The Morgan fingerprint density at radius 3 is 2.58 bits per heavy atom. The molecule has 6 heteroatoms. The van der Waals surface area contributed by atoms with E-state index in [4.69, 9.17) is 9.47 Å². The molecule has 0 atom stereocenters. The Labute approximate surface area is 143 Å². The SMILES string of the molecule is COc1ccc(Nc2cc3c(cn2)CN(C)CCN3C)cc1OC. The predicted molar refractivity (Wildman–Crippen MR) is 96.7 cm³/mol. The van der Waals surface area contributed by atoms with Crippen LogP contribution < -0.4 is 19.7 Å². The van der Waals surface area contributed by atoms with Gasteiger partial charge < -0.3 is 24.6 Å². The van der Waals surface area contributed by atoms with Crippen LogP contribution in [-0.4, -0.2) is 51.3 Å². The predicted octanol–water partition coefficient (Wildman–Crippen LogP) is 2.72. The van der Waals surface area contributed by atoms with Crippen molar-refractivity contribution in [3.05, 3.63) is 36.0 Å². The lowest BCUT2D eigenvalue weighted by Gasteiger charge is -2.19. The van der Waals surface area contributed by atoms with Crippen LogP contribution in [0.5, 0.6) is 11.5 Å². The number of methoxy groups -OCH3 is 2. The smallest absolute Gasteiger partial charge is 0.162 e. The van der Waals surface area contributed by atoms with Gasteiger partial charge in [-0.3, -0.25) is 0 Å². The van der Waals surface area contributed by atoms with Gasteiger partial charge in [0.2, 0.25) is 0 Å². The van der Waals surface area contributed by atoms with Gasteiger partial charge in [0.25, 0.3) is 0 Å². The van der Waals surface area contributed by atoms with E-state index in [1.807, 2.05) is 24.4 Å². The maximum Gasteiger partial charge on any atom is 0.162 e. The summed E-state index contributed by atoms with van der Waals surface area (Å²) in [6.07, 6.45) is 1.96. The van der Waals surface area contributed by atoms with Crippen molar-refractivity contribution in [2.24, 2.45) is 0 Å². The molecule has 0 saturated carbocycles. The third-order valence-electron chi connectivity index (χ3n) is 4.29. The maximum atomic E-state index is 5.35. The number of likely N-dealkylation sites (N-methyl/N-ethyl adjacent to an activating group) is 2. The van der Waals surface area contributed by atoms with Gasteiger partial charge in [-0.2, -0.15) is 0 Å². The summed E-state index contributed by atoms with van der Waals surface area (Å²) in [4.78, 5) is 9.15. The van der Waals surface area contributed by atoms with Crippen LogP contribution in [-0.2, 0) is 6.54 Å². The van der Waals surface area contributed by atoms with Crippen LogP contribution in [0.4, 0.5) is 17.2 Å². The van der Waals surface area contributed by atoms with Crippen molar-refractivity contribution >= 4 is 17.2 Å². The zero-order valence-electron chi connectivity index (χ0n) is 14.7. The van der Waals surface area contributed by atoms with Crippen LogP contribution in [0.25, 0.3) is 0 Å². The molecule has 1 aromatic carbocycles. The lowest BCUT2D eigenvalue weighted by Crippen LogP contribution is -2.26. The van der Waals surface area contributed by atoms with Crippen LogP contribution in [0.1, 0.15) is 5.56 Å². The van der Waals surface area contributed by atoms with E-state index in [-0.39, 0.29) is 0 Å². The summed E-state index contributed by atoms with van der Waals surface area (Å²) in [5, 5.41) is 3.35. The zero-order chi connectivity index (χ0) is 17.1. The molecule has 0 unspecified atom stereocenters. The fourth-order valence-electron chi connectivity index (χ4n) is 2.89. The number of nitrogens with zero attached hydrogens (tertiary/aromatic N) is 3. The van der Waals surface area contributed by atoms with E-state index in [1.54, 1.807) is 14.2 Å². The monoisotopic (exact) mass is 328 g/mol. The van der Waals surface area contributed by atoms with E-state index in [2.05, 4.69) is 40.3 Å². The molecule has 0 aliphatic carbocycles. The number of pyridine rings is 1. The second kappa shape index (κ2) is 6.97. The summed E-state index contributed by atoms with van der Waals surface area (Å²) in [5.41, 5.74) is 3.38. The quantitative estimate of drug-likeness (QED) is 0.931. The molecular formula is C18H24N4O2. The van der Waals surface area contributed by atoms with E-state index in [9.17, 15) is 0 Å². The van der Waals surface area contributed by atoms with Gasteiger partial charge in [0.05, 0.1) is 14.2 Å². The highest BCUT2D eigenvalue weighted by molar-refractivity contribution is 5.66. The van der Waals surface area contributed by atoms with Crippen LogP contribution in [0, 0.1) is 0 Å². The minimum absolute atomic E-state index is 0.691. The van der Waals surface area contributed by atoms with Gasteiger partial charge in [0.15, 0.2) is 11.5 Å². The fraction of sp³-hybridized carbons (Fsp3) is 0.389. The summed E-state index contributed by atoms with van der Waals surface area (Å²) in [6, 6.07) is 7.84. The first-order valence-corrected chi connectivity index (χ1v) is 7.98. The third-order valence-corrected chi connectivity index (χ3v) is 4.29. The first-order chi connectivity index (χ1) is 11.6. The van der Waals surface area contributed by atoms with Crippen LogP contribution in [0.2, 0.25) is 0 Å². The largest absolute Gasteiger partial charge is 0.493 e. The Morgan fingerprint density at radius 2 is 1.83 bits per heavy atom. The molecule has 0 spiro atoms. The van der Waals surface area contributed by atoms with Crippen molar-refractivity contribution in [1.82, 2.24) is 9.88 Å². The molecule has 3 rings (SSSR count). The molecule has 2 aromatic rings. The number of benzene rings is 1. The highest BCUT2D eigenvalue weighted by Crippen LogP contribution is 2.32. The topological polar surface area (TPSA) is 49.9 Å². The summed E-state index contributed by atoms with van der Waals surface area (Å²) in [7, 11) is 7.52.